The van der Waals surface area contributed by atoms with Gasteiger partial charge in [-0.3, -0.25) is 14.5 Å². The topological polar surface area (TPSA) is 61.4 Å². The zero-order chi connectivity index (χ0) is 20.1. The zero-order valence-corrected chi connectivity index (χ0v) is 17.3. The van der Waals surface area contributed by atoms with Crippen LogP contribution in [0.25, 0.3) is 0 Å². The molecule has 2 aliphatic heterocycles. The summed E-state index contributed by atoms with van der Waals surface area (Å²) in [6.07, 6.45) is 3.70. The van der Waals surface area contributed by atoms with Gasteiger partial charge in [-0.1, -0.05) is 48.9 Å². The number of amides is 2. The Hall–Kier alpha value is -2.31. The Morgan fingerprint density at radius 2 is 1.90 bits per heavy atom. The molecule has 0 aromatic heterocycles. The van der Waals surface area contributed by atoms with E-state index in [2.05, 4.69) is 39.8 Å². The van der Waals surface area contributed by atoms with Gasteiger partial charge in [0, 0.05) is 30.4 Å². The molecule has 2 N–H and O–H groups in total. The van der Waals surface area contributed by atoms with E-state index in [1.165, 1.54) is 30.2 Å². The van der Waals surface area contributed by atoms with Crippen molar-refractivity contribution < 1.29 is 9.59 Å². The van der Waals surface area contributed by atoms with E-state index in [-0.39, 0.29) is 23.5 Å². The van der Waals surface area contributed by atoms with Gasteiger partial charge in [0.2, 0.25) is 11.8 Å². The van der Waals surface area contributed by atoms with Crippen molar-refractivity contribution >= 4 is 29.3 Å². The first-order valence-electron chi connectivity index (χ1n) is 10.3. The average Bonchev–Trinajstić information content (AvgIpc) is 2.74. The molecule has 152 valence electrons. The van der Waals surface area contributed by atoms with E-state index >= 15 is 0 Å². The van der Waals surface area contributed by atoms with Crippen LogP contribution in [0, 0.1) is 0 Å². The van der Waals surface area contributed by atoms with E-state index in [9.17, 15) is 9.59 Å². The highest BCUT2D eigenvalue weighted by molar-refractivity contribution is 8.01. The second-order valence-corrected chi connectivity index (χ2v) is 8.95. The molecule has 0 unspecified atom stereocenters. The maximum Gasteiger partial charge on any atom is 0.238 e. The van der Waals surface area contributed by atoms with E-state index in [1.54, 1.807) is 0 Å². The Morgan fingerprint density at radius 3 is 2.76 bits per heavy atom. The molecule has 0 spiro atoms. The summed E-state index contributed by atoms with van der Waals surface area (Å²) in [5, 5.41) is 5.62. The fourth-order valence-corrected chi connectivity index (χ4v) is 5.13. The third kappa shape index (κ3) is 5.19. The Morgan fingerprint density at radius 1 is 1.10 bits per heavy atom. The molecular weight excluding hydrogens is 382 g/mol. The molecule has 4 rings (SSSR count). The van der Waals surface area contributed by atoms with Gasteiger partial charge < -0.3 is 10.6 Å². The molecule has 6 heteroatoms. The van der Waals surface area contributed by atoms with Crippen molar-refractivity contribution in [2.24, 2.45) is 0 Å². The van der Waals surface area contributed by atoms with Gasteiger partial charge in [0.1, 0.15) is 0 Å². The second kappa shape index (κ2) is 9.46. The molecule has 29 heavy (non-hydrogen) atoms. The minimum absolute atomic E-state index is 0.0535. The molecule has 1 fully saturated rings. The van der Waals surface area contributed by atoms with E-state index in [1.807, 2.05) is 30.3 Å². The van der Waals surface area contributed by atoms with Gasteiger partial charge in [0.15, 0.2) is 0 Å². The van der Waals surface area contributed by atoms with E-state index in [0.29, 0.717) is 12.6 Å². The van der Waals surface area contributed by atoms with Gasteiger partial charge in [0.25, 0.3) is 0 Å². The van der Waals surface area contributed by atoms with Crippen molar-refractivity contribution in [1.82, 2.24) is 10.2 Å². The van der Waals surface area contributed by atoms with Crippen molar-refractivity contribution in [2.75, 3.05) is 18.4 Å². The van der Waals surface area contributed by atoms with E-state index in [0.717, 1.165) is 30.1 Å². The number of nitrogens with one attached hydrogen (secondary N) is 2. The average molecular weight is 410 g/mol. The monoisotopic (exact) mass is 409 g/mol. The predicted octanol–water partition coefficient (Wildman–Crippen LogP) is 3.66. The first kappa shape index (κ1) is 20.0. The Bertz CT molecular complexity index is 858. The van der Waals surface area contributed by atoms with Gasteiger partial charge >= 0.3 is 0 Å². The molecule has 0 saturated carbocycles. The largest absolute Gasteiger partial charge is 0.354 e. The number of carbonyl (C=O) groups excluding carboxylic acids is 2. The van der Waals surface area contributed by atoms with Gasteiger partial charge in [-0.05, 0) is 37.1 Å². The zero-order valence-electron chi connectivity index (χ0n) is 16.5. The van der Waals surface area contributed by atoms with Crippen LogP contribution in [0.4, 0.5) is 5.69 Å². The highest BCUT2D eigenvalue weighted by Crippen LogP contribution is 2.36. The molecule has 2 aromatic rings. The number of benzene rings is 2. The Labute approximate surface area is 176 Å². The van der Waals surface area contributed by atoms with Crippen molar-refractivity contribution in [3.63, 3.8) is 0 Å². The van der Waals surface area contributed by atoms with Crippen LogP contribution in [0.5, 0.6) is 0 Å². The summed E-state index contributed by atoms with van der Waals surface area (Å²) in [6, 6.07) is 18.6. The molecule has 2 amide bonds. The number of nitrogens with zero attached hydrogens (tertiary/aromatic N) is 1. The third-order valence-electron chi connectivity index (χ3n) is 5.59. The summed E-state index contributed by atoms with van der Waals surface area (Å²) >= 11 is 1.47. The first-order valence-corrected chi connectivity index (χ1v) is 11.2. The van der Waals surface area contributed by atoms with E-state index < -0.39 is 0 Å². The first-order chi connectivity index (χ1) is 14.2. The maximum atomic E-state index is 12.6. The summed E-state index contributed by atoms with van der Waals surface area (Å²) in [5.41, 5.74) is 2.14. The molecule has 0 radical (unpaired) electrons. The number of hydrogen-bond donors (Lipinski definition) is 2. The summed E-state index contributed by atoms with van der Waals surface area (Å²) in [5.74, 6) is -0.144. The van der Waals surface area contributed by atoms with Crippen molar-refractivity contribution in [1.29, 1.82) is 0 Å². The van der Waals surface area contributed by atoms with Crippen LogP contribution >= 0.6 is 11.8 Å². The molecule has 5 nitrogen and oxygen atoms in total. The van der Waals surface area contributed by atoms with Crippen LogP contribution in [-0.4, -0.2) is 41.1 Å². The maximum absolute atomic E-state index is 12.6. The number of para-hydroxylation sites is 1. The minimum Gasteiger partial charge on any atom is -0.354 e. The van der Waals surface area contributed by atoms with Crippen molar-refractivity contribution in [2.45, 2.75) is 48.4 Å². The fourth-order valence-electron chi connectivity index (χ4n) is 4.02. The molecule has 0 bridgehead atoms. The summed E-state index contributed by atoms with van der Waals surface area (Å²) in [4.78, 5) is 28.4. The highest BCUT2D eigenvalue weighted by Gasteiger charge is 2.29. The molecule has 1 saturated heterocycles. The van der Waals surface area contributed by atoms with Gasteiger partial charge in [0.05, 0.1) is 10.9 Å². The summed E-state index contributed by atoms with van der Waals surface area (Å²) in [6.45, 7) is 2.62. The van der Waals surface area contributed by atoms with Crippen molar-refractivity contribution in [3.05, 3.63) is 60.2 Å². The quantitative estimate of drug-likeness (QED) is 0.764. The minimum atomic E-state index is -0.378. The van der Waals surface area contributed by atoms with Gasteiger partial charge in [-0.15, -0.1) is 11.8 Å². The summed E-state index contributed by atoms with van der Waals surface area (Å²) < 4.78 is 0. The molecule has 2 aliphatic rings. The SMILES string of the molecule is O=C(C[C@H]1Sc2ccccc2NC1=O)NC[C@@H]1CCCCN1Cc1ccccc1. The third-order valence-corrected chi connectivity index (χ3v) is 6.86. The second-order valence-electron chi connectivity index (χ2n) is 7.71. The number of thioether (sulfide) groups is 1. The lowest BCUT2D eigenvalue weighted by Gasteiger charge is -2.36. The molecule has 2 aromatic carbocycles. The Balaban J connectivity index is 1.30. The van der Waals surface area contributed by atoms with Crippen LogP contribution in [0.3, 0.4) is 0 Å². The summed E-state index contributed by atoms with van der Waals surface area (Å²) in [7, 11) is 0. The number of carbonyl (C=O) groups is 2. The highest BCUT2D eigenvalue weighted by atomic mass is 32.2. The number of hydrogen-bond acceptors (Lipinski definition) is 4. The van der Waals surface area contributed by atoms with Crippen LogP contribution in [0.2, 0.25) is 0 Å². The fraction of sp³-hybridized carbons (Fsp3) is 0.391. The Kier molecular flexibility index (Phi) is 6.52. The van der Waals surface area contributed by atoms with Gasteiger partial charge in [-0.25, -0.2) is 0 Å². The number of rotatable bonds is 6. The van der Waals surface area contributed by atoms with Crippen molar-refractivity contribution in [3.8, 4) is 0 Å². The molecule has 2 heterocycles. The molecule has 0 aliphatic carbocycles. The van der Waals surface area contributed by atoms with Crippen LogP contribution in [0.15, 0.2) is 59.5 Å². The number of anilines is 1. The molecule has 2 atom stereocenters. The predicted molar refractivity (Wildman–Crippen MR) is 117 cm³/mol. The molecular formula is C23H27N3O2S. The van der Waals surface area contributed by atoms with E-state index in [4.69, 9.17) is 0 Å². The number of likely N-dealkylation sites (tertiary alicyclic amines) is 1. The number of piperidine rings is 1. The lowest BCUT2D eigenvalue weighted by molar-refractivity contribution is -0.124. The smallest absolute Gasteiger partial charge is 0.238 e. The van der Waals surface area contributed by atoms with Crippen LogP contribution in [0.1, 0.15) is 31.2 Å². The van der Waals surface area contributed by atoms with Crippen LogP contribution in [-0.2, 0) is 16.1 Å². The standard InChI is InChI=1S/C23H27N3O2S/c27-22(14-21-23(28)25-19-11-4-5-12-20(19)29-21)24-15-18-10-6-7-13-26(18)16-17-8-2-1-3-9-17/h1-5,8-9,11-12,18,21H,6-7,10,13-16H2,(H,24,27)(H,25,28)/t18-,21+/m0/s1. The number of fused-ring (bicyclic) bond motifs is 1. The van der Waals surface area contributed by atoms with Crippen LogP contribution < -0.4 is 10.6 Å². The lowest BCUT2D eigenvalue weighted by atomic mass is 10.0. The lowest BCUT2D eigenvalue weighted by Crippen LogP contribution is -2.46. The van der Waals surface area contributed by atoms with Gasteiger partial charge in [-0.2, -0.15) is 0 Å². The normalized spacial score (nSPS) is 21.9.